The van der Waals surface area contributed by atoms with Crippen molar-refractivity contribution in [2.24, 2.45) is 0 Å². The van der Waals surface area contributed by atoms with E-state index in [-0.39, 0.29) is 18.3 Å². The number of thiophene rings is 1. The standard InChI is InChI=1S/C17H20FNO2S/c1-3-9-19(11-7-8-11)17(20)16-12(10-21-2)15-13(18)5-4-6-14(15)22-16/h4-6,11H,3,7-10H2,1-2H3. The van der Waals surface area contributed by atoms with Gasteiger partial charge in [-0.05, 0) is 31.4 Å². The lowest BCUT2D eigenvalue weighted by Crippen LogP contribution is -2.33. The zero-order valence-electron chi connectivity index (χ0n) is 12.9. The topological polar surface area (TPSA) is 29.5 Å². The summed E-state index contributed by atoms with van der Waals surface area (Å²) in [4.78, 5) is 15.5. The number of ether oxygens (including phenoxy) is 1. The van der Waals surface area contributed by atoms with Crippen molar-refractivity contribution in [1.29, 1.82) is 0 Å². The molecule has 0 spiro atoms. The van der Waals surface area contributed by atoms with Crippen LogP contribution in [0.15, 0.2) is 18.2 Å². The Bertz CT molecular complexity index is 693. The monoisotopic (exact) mass is 321 g/mol. The van der Waals surface area contributed by atoms with Crippen LogP contribution in [0.25, 0.3) is 10.1 Å². The second-order valence-corrected chi connectivity index (χ2v) is 6.74. The number of fused-ring (bicyclic) bond motifs is 1. The Balaban J connectivity index is 2.06. The number of carbonyl (C=O) groups excluding carboxylic acids is 1. The van der Waals surface area contributed by atoms with Crippen LogP contribution < -0.4 is 0 Å². The summed E-state index contributed by atoms with van der Waals surface area (Å²) in [6.07, 6.45) is 3.08. The molecule has 1 saturated carbocycles. The number of carbonyl (C=O) groups is 1. The van der Waals surface area contributed by atoms with Gasteiger partial charge in [-0.3, -0.25) is 4.79 Å². The quantitative estimate of drug-likeness (QED) is 0.798. The molecule has 5 heteroatoms. The number of amides is 1. The van der Waals surface area contributed by atoms with Gasteiger partial charge in [-0.25, -0.2) is 4.39 Å². The van der Waals surface area contributed by atoms with Crippen LogP contribution in [0.3, 0.4) is 0 Å². The van der Waals surface area contributed by atoms with Crippen molar-refractivity contribution >= 4 is 27.3 Å². The highest BCUT2D eigenvalue weighted by Gasteiger charge is 2.34. The third kappa shape index (κ3) is 2.75. The van der Waals surface area contributed by atoms with E-state index >= 15 is 0 Å². The molecule has 0 unspecified atom stereocenters. The lowest BCUT2D eigenvalue weighted by atomic mass is 10.1. The number of rotatable bonds is 6. The molecule has 0 aliphatic heterocycles. The summed E-state index contributed by atoms with van der Waals surface area (Å²) in [6, 6.07) is 5.34. The molecule has 0 N–H and O–H groups in total. The van der Waals surface area contributed by atoms with Crippen molar-refractivity contribution in [2.45, 2.75) is 38.8 Å². The zero-order valence-corrected chi connectivity index (χ0v) is 13.7. The van der Waals surface area contributed by atoms with Crippen molar-refractivity contribution in [3.8, 4) is 0 Å². The maximum Gasteiger partial charge on any atom is 0.264 e. The van der Waals surface area contributed by atoms with Crippen LogP contribution in [-0.4, -0.2) is 30.5 Å². The van der Waals surface area contributed by atoms with Gasteiger partial charge in [-0.2, -0.15) is 0 Å². The van der Waals surface area contributed by atoms with Gasteiger partial charge in [-0.15, -0.1) is 11.3 Å². The lowest BCUT2D eigenvalue weighted by Gasteiger charge is -2.21. The maximum absolute atomic E-state index is 14.2. The Labute approximate surface area is 133 Å². The molecule has 0 radical (unpaired) electrons. The number of hydrogen-bond acceptors (Lipinski definition) is 3. The fourth-order valence-electron chi connectivity index (χ4n) is 2.83. The second kappa shape index (κ2) is 6.34. The number of halogens is 1. The smallest absolute Gasteiger partial charge is 0.264 e. The normalized spacial score (nSPS) is 14.5. The minimum Gasteiger partial charge on any atom is -0.380 e. The molecule has 3 rings (SSSR count). The first-order valence-corrected chi connectivity index (χ1v) is 8.48. The summed E-state index contributed by atoms with van der Waals surface area (Å²) >= 11 is 1.37. The molecule has 3 nitrogen and oxygen atoms in total. The molecule has 1 aromatic heterocycles. The highest BCUT2D eigenvalue weighted by atomic mass is 32.1. The fourth-order valence-corrected chi connectivity index (χ4v) is 4.01. The molecule has 1 amide bonds. The van der Waals surface area contributed by atoms with Crippen molar-refractivity contribution in [2.75, 3.05) is 13.7 Å². The van der Waals surface area contributed by atoms with E-state index in [4.69, 9.17) is 4.74 Å². The van der Waals surface area contributed by atoms with Gasteiger partial charge in [-0.1, -0.05) is 13.0 Å². The minimum atomic E-state index is -0.284. The van der Waals surface area contributed by atoms with E-state index in [1.165, 1.54) is 17.4 Å². The predicted molar refractivity (Wildman–Crippen MR) is 86.8 cm³/mol. The van der Waals surface area contributed by atoms with E-state index in [1.807, 2.05) is 11.0 Å². The van der Waals surface area contributed by atoms with Crippen LogP contribution in [0.4, 0.5) is 4.39 Å². The van der Waals surface area contributed by atoms with Gasteiger partial charge in [0.15, 0.2) is 0 Å². The molecule has 1 heterocycles. The lowest BCUT2D eigenvalue weighted by molar-refractivity contribution is 0.0744. The zero-order chi connectivity index (χ0) is 15.7. The first-order chi connectivity index (χ1) is 10.7. The Morgan fingerprint density at radius 2 is 2.23 bits per heavy atom. The first kappa shape index (κ1) is 15.4. The molecule has 0 atom stereocenters. The number of hydrogen-bond donors (Lipinski definition) is 0. The Morgan fingerprint density at radius 3 is 2.86 bits per heavy atom. The molecule has 118 valence electrons. The number of benzene rings is 1. The molecule has 1 aliphatic carbocycles. The average Bonchev–Trinajstić information content (AvgIpc) is 3.27. The molecule has 0 saturated heterocycles. The van der Waals surface area contributed by atoms with E-state index in [0.29, 0.717) is 21.9 Å². The Hall–Kier alpha value is -1.46. The Kier molecular flexibility index (Phi) is 4.45. The highest BCUT2D eigenvalue weighted by Crippen LogP contribution is 2.36. The van der Waals surface area contributed by atoms with Crippen LogP contribution in [-0.2, 0) is 11.3 Å². The predicted octanol–water partition coefficient (Wildman–Crippen LogP) is 4.20. The van der Waals surface area contributed by atoms with E-state index in [1.54, 1.807) is 13.2 Å². The number of methoxy groups -OCH3 is 1. The van der Waals surface area contributed by atoms with Crippen molar-refractivity contribution in [3.63, 3.8) is 0 Å². The van der Waals surface area contributed by atoms with E-state index in [2.05, 4.69) is 6.92 Å². The van der Waals surface area contributed by atoms with Crippen LogP contribution >= 0.6 is 11.3 Å². The maximum atomic E-state index is 14.2. The van der Waals surface area contributed by atoms with Crippen LogP contribution in [0, 0.1) is 5.82 Å². The fraction of sp³-hybridized carbons (Fsp3) is 0.471. The van der Waals surface area contributed by atoms with Gasteiger partial charge < -0.3 is 9.64 Å². The molecule has 1 aromatic carbocycles. The van der Waals surface area contributed by atoms with E-state index in [0.717, 1.165) is 30.5 Å². The molecule has 22 heavy (non-hydrogen) atoms. The van der Waals surface area contributed by atoms with Gasteiger partial charge in [0, 0.05) is 35.3 Å². The summed E-state index contributed by atoms with van der Waals surface area (Å²) in [7, 11) is 1.57. The SMILES string of the molecule is CCCN(C(=O)c1sc2cccc(F)c2c1COC)C1CC1. The van der Waals surface area contributed by atoms with Crippen molar-refractivity contribution in [3.05, 3.63) is 34.5 Å². The summed E-state index contributed by atoms with van der Waals surface area (Å²) in [5, 5.41) is 0.532. The van der Waals surface area contributed by atoms with Gasteiger partial charge in [0.05, 0.1) is 11.5 Å². The molecule has 0 bridgehead atoms. The highest BCUT2D eigenvalue weighted by molar-refractivity contribution is 7.21. The molecular weight excluding hydrogens is 301 g/mol. The van der Waals surface area contributed by atoms with E-state index < -0.39 is 0 Å². The second-order valence-electron chi connectivity index (χ2n) is 5.69. The third-order valence-corrected chi connectivity index (χ3v) is 5.14. The van der Waals surface area contributed by atoms with Gasteiger partial charge in [0.1, 0.15) is 5.82 Å². The third-order valence-electron chi connectivity index (χ3n) is 3.96. The molecule has 1 aliphatic rings. The van der Waals surface area contributed by atoms with Crippen molar-refractivity contribution in [1.82, 2.24) is 4.90 Å². The van der Waals surface area contributed by atoms with Crippen LogP contribution in [0.5, 0.6) is 0 Å². The summed E-state index contributed by atoms with van der Waals surface area (Å²) in [6.45, 7) is 3.09. The van der Waals surface area contributed by atoms with Crippen LogP contribution in [0.2, 0.25) is 0 Å². The van der Waals surface area contributed by atoms with Gasteiger partial charge in [0.25, 0.3) is 5.91 Å². The molecule has 2 aromatic rings. The minimum absolute atomic E-state index is 0.0250. The van der Waals surface area contributed by atoms with E-state index in [9.17, 15) is 9.18 Å². The van der Waals surface area contributed by atoms with Gasteiger partial charge >= 0.3 is 0 Å². The molecule has 1 fully saturated rings. The van der Waals surface area contributed by atoms with Gasteiger partial charge in [0.2, 0.25) is 0 Å². The average molecular weight is 321 g/mol. The summed E-state index contributed by atoms with van der Waals surface area (Å²) in [5.41, 5.74) is 0.687. The number of nitrogens with zero attached hydrogens (tertiary/aromatic N) is 1. The van der Waals surface area contributed by atoms with Crippen LogP contribution in [0.1, 0.15) is 41.4 Å². The summed E-state index contributed by atoms with van der Waals surface area (Å²) < 4.78 is 20.2. The summed E-state index contributed by atoms with van der Waals surface area (Å²) in [5.74, 6) is -0.259. The first-order valence-electron chi connectivity index (χ1n) is 7.67. The van der Waals surface area contributed by atoms with Crippen molar-refractivity contribution < 1.29 is 13.9 Å². The Morgan fingerprint density at radius 1 is 1.45 bits per heavy atom. The largest absolute Gasteiger partial charge is 0.380 e. The molecular formula is C17H20FNO2S.